The van der Waals surface area contributed by atoms with E-state index in [2.05, 4.69) is 22.1 Å². The Hall–Kier alpha value is -1.77. The van der Waals surface area contributed by atoms with Crippen molar-refractivity contribution in [2.75, 3.05) is 26.5 Å². The maximum absolute atomic E-state index is 12.3. The summed E-state index contributed by atoms with van der Waals surface area (Å²) in [4.78, 5) is 47.3. The number of aliphatic carboxylic acids is 1. The predicted molar refractivity (Wildman–Crippen MR) is 79.4 cm³/mol. The molecule has 1 N–H and O–H groups in total. The van der Waals surface area contributed by atoms with Crippen molar-refractivity contribution in [3.8, 4) is 0 Å². The average molecular weight is 335 g/mol. The van der Waals surface area contributed by atoms with Crippen molar-refractivity contribution in [1.29, 1.82) is 0 Å². The van der Waals surface area contributed by atoms with Gasteiger partial charge in [-0.2, -0.15) is 12.6 Å². The second-order valence-corrected chi connectivity index (χ2v) is 4.96. The molecule has 0 bridgehead atoms. The second-order valence-electron chi connectivity index (χ2n) is 4.60. The van der Waals surface area contributed by atoms with Gasteiger partial charge in [-0.15, -0.1) is 0 Å². The Morgan fingerprint density at radius 1 is 1.18 bits per heavy atom. The summed E-state index contributed by atoms with van der Waals surface area (Å²) in [7, 11) is 2.32. The molecule has 1 amide bonds. The third-order valence-electron chi connectivity index (χ3n) is 2.98. The van der Waals surface area contributed by atoms with Gasteiger partial charge in [0.1, 0.15) is 12.6 Å². The number of carboxylic acid groups (broad SMARTS) is 1. The Labute approximate surface area is 134 Å². The molecule has 0 aromatic rings. The number of hydrogen-bond acceptors (Lipinski definition) is 7. The van der Waals surface area contributed by atoms with Gasteiger partial charge in [0, 0.05) is 18.1 Å². The minimum absolute atomic E-state index is 0.0857. The van der Waals surface area contributed by atoms with Crippen molar-refractivity contribution in [2.24, 2.45) is 5.92 Å². The average Bonchev–Trinajstić information content (AvgIpc) is 2.51. The molecule has 0 aromatic carbocycles. The van der Waals surface area contributed by atoms with Gasteiger partial charge in [0.25, 0.3) is 0 Å². The number of carbonyl (C=O) groups is 4. The lowest BCUT2D eigenvalue weighted by atomic mass is 10.1. The first kappa shape index (κ1) is 20.2. The van der Waals surface area contributed by atoms with Crippen LogP contribution in [-0.4, -0.2) is 66.4 Å². The van der Waals surface area contributed by atoms with Crippen LogP contribution in [0.4, 0.5) is 0 Å². The Kier molecular flexibility index (Phi) is 9.23. The molecule has 0 saturated carbocycles. The minimum Gasteiger partial charge on any atom is -0.480 e. The van der Waals surface area contributed by atoms with Crippen LogP contribution in [0.15, 0.2) is 0 Å². The predicted octanol–water partition coefficient (Wildman–Crippen LogP) is -0.0397. The van der Waals surface area contributed by atoms with E-state index in [9.17, 15) is 19.2 Å². The van der Waals surface area contributed by atoms with Crippen molar-refractivity contribution < 1.29 is 33.8 Å². The van der Waals surface area contributed by atoms with E-state index in [4.69, 9.17) is 5.11 Å². The Morgan fingerprint density at radius 3 is 2.18 bits per heavy atom. The zero-order valence-corrected chi connectivity index (χ0v) is 13.7. The van der Waals surface area contributed by atoms with E-state index in [0.717, 1.165) is 12.0 Å². The summed E-state index contributed by atoms with van der Waals surface area (Å²) in [6.45, 7) is 0.900. The lowest BCUT2D eigenvalue weighted by Gasteiger charge is -2.30. The topological polar surface area (TPSA) is 110 Å². The van der Waals surface area contributed by atoms with Crippen LogP contribution in [0.1, 0.15) is 19.8 Å². The normalized spacial score (nSPS) is 12.9. The van der Waals surface area contributed by atoms with Gasteiger partial charge in [-0.25, -0.2) is 4.79 Å². The number of carbonyl (C=O) groups excluding carboxylic acids is 3. The molecule has 0 aliphatic rings. The fraction of sp³-hybridized carbons (Fsp3) is 0.692. The van der Waals surface area contributed by atoms with E-state index in [-0.39, 0.29) is 18.6 Å². The maximum Gasteiger partial charge on any atom is 0.328 e. The van der Waals surface area contributed by atoms with Gasteiger partial charge in [-0.05, 0) is 6.42 Å². The third-order valence-corrected chi connectivity index (χ3v) is 3.53. The second kappa shape index (κ2) is 10.0. The summed E-state index contributed by atoms with van der Waals surface area (Å²) in [5.41, 5.74) is 0. The van der Waals surface area contributed by atoms with Crippen LogP contribution in [0.3, 0.4) is 0 Å². The highest BCUT2D eigenvalue weighted by Gasteiger charge is 2.34. The lowest BCUT2D eigenvalue weighted by Crippen LogP contribution is -2.50. The molecule has 22 heavy (non-hydrogen) atoms. The molecule has 0 radical (unpaired) electrons. The molecule has 0 heterocycles. The number of thiol groups is 1. The first-order valence-corrected chi connectivity index (χ1v) is 7.19. The highest BCUT2D eigenvalue weighted by molar-refractivity contribution is 7.80. The van der Waals surface area contributed by atoms with E-state index in [1.54, 1.807) is 6.92 Å². The molecule has 0 aliphatic carbocycles. The summed E-state index contributed by atoms with van der Waals surface area (Å²) < 4.78 is 9.09. The monoisotopic (exact) mass is 335 g/mol. The summed E-state index contributed by atoms with van der Waals surface area (Å²) in [6, 6.07) is -1.17. The molecule has 0 fully saturated rings. The number of nitrogens with zero attached hydrogens (tertiary/aromatic N) is 1. The van der Waals surface area contributed by atoms with Crippen LogP contribution in [-0.2, 0) is 28.7 Å². The number of hydrogen-bond donors (Lipinski definition) is 2. The molecule has 0 saturated heterocycles. The Morgan fingerprint density at radius 2 is 1.77 bits per heavy atom. The number of esters is 2. The standard InChI is InChI=1S/C13H21NO7S/c1-8(7-22)12(18)14(6-10(15)16)9(13(19)21-3)4-5-11(17)20-2/h8-9,22H,4-7H2,1-3H3,(H,15,16)/t8-,9+/m1/s1. The summed E-state index contributed by atoms with van der Waals surface area (Å²) in [5.74, 6) is -3.55. The van der Waals surface area contributed by atoms with Crippen LogP contribution in [0.25, 0.3) is 0 Å². The smallest absolute Gasteiger partial charge is 0.328 e. The zero-order chi connectivity index (χ0) is 17.3. The van der Waals surface area contributed by atoms with Gasteiger partial charge >= 0.3 is 17.9 Å². The molecule has 0 aromatic heterocycles. The van der Waals surface area contributed by atoms with Gasteiger partial charge < -0.3 is 19.5 Å². The number of methoxy groups -OCH3 is 2. The van der Waals surface area contributed by atoms with Gasteiger partial charge in [0.15, 0.2) is 0 Å². The van der Waals surface area contributed by atoms with Crippen LogP contribution >= 0.6 is 12.6 Å². The van der Waals surface area contributed by atoms with Crippen molar-refractivity contribution in [1.82, 2.24) is 4.90 Å². The first-order valence-electron chi connectivity index (χ1n) is 6.56. The number of ether oxygens (including phenoxy) is 2. The number of carboxylic acids is 1. The molecule has 0 unspecified atom stereocenters. The summed E-state index contributed by atoms with van der Waals surface area (Å²) >= 11 is 4.00. The van der Waals surface area contributed by atoms with E-state index < -0.39 is 42.3 Å². The van der Waals surface area contributed by atoms with Crippen LogP contribution in [0.5, 0.6) is 0 Å². The molecule has 0 aliphatic heterocycles. The quantitative estimate of drug-likeness (QED) is 0.449. The van der Waals surface area contributed by atoms with E-state index in [1.165, 1.54) is 7.11 Å². The molecular formula is C13H21NO7S. The SMILES string of the molecule is COC(=O)CC[C@@H](C(=O)OC)N(CC(=O)O)C(=O)[C@H](C)CS. The van der Waals surface area contributed by atoms with E-state index >= 15 is 0 Å². The van der Waals surface area contributed by atoms with Gasteiger partial charge in [0.05, 0.1) is 14.2 Å². The fourth-order valence-corrected chi connectivity index (χ4v) is 1.90. The zero-order valence-electron chi connectivity index (χ0n) is 12.8. The molecule has 0 spiro atoms. The van der Waals surface area contributed by atoms with Crippen LogP contribution in [0, 0.1) is 5.92 Å². The van der Waals surface area contributed by atoms with E-state index in [0.29, 0.717) is 0 Å². The Bertz CT molecular complexity index is 427. The number of amides is 1. The molecule has 2 atom stereocenters. The lowest BCUT2D eigenvalue weighted by molar-refractivity contribution is -0.158. The van der Waals surface area contributed by atoms with Crippen molar-refractivity contribution in [2.45, 2.75) is 25.8 Å². The largest absolute Gasteiger partial charge is 0.480 e. The third kappa shape index (κ3) is 6.33. The fourth-order valence-electron chi connectivity index (χ4n) is 1.74. The highest BCUT2D eigenvalue weighted by atomic mass is 32.1. The molecule has 0 rings (SSSR count). The molecule has 9 heteroatoms. The maximum atomic E-state index is 12.3. The minimum atomic E-state index is -1.27. The molecule has 126 valence electrons. The summed E-state index contributed by atoms with van der Waals surface area (Å²) in [6.07, 6.45) is -0.230. The van der Waals surface area contributed by atoms with E-state index in [1.807, 2.05) is 0 Å². The van der Waals surface area contributed by atoms with Crippen LogP contribution < -0.4 is 0 Å². The highest BCUT2D eigenvalue weighted by Crippen LogP contribution is 2.15. The molecule has 8 nitrogen and oxygen atoms in total. The molecular weight excluding hydrogens is 314 g/mol. The van der Waals surface area contributed by atoms with Gasteiger partial charge in [0.2, 0.25) is 5.91 Å². The van der Waals surface area contributed by atoms with Gasteiger partial charge in [-0.1, -0.05) is 6.92 Å². The van der Waals surface area contributed by atoms with Crippen molar-refractivity contribution in [3.63, 3.8) is 0 Å². The number of rotatable bonds is 9. The summed E-state index contributed by atoms with van der Waals surface area (Å²) in [5, 5.41) is 8.96. The van der Waals surface area contributed by atoms with Gasteiger partial charge in [-0.3, -0.25) is 14.4 Å². The van der Waals surface area contributed by atoms with Crippen LogP contribution in [0.2, 0.25) is 0 Å². The van der Waals surface area contributed by atoms with Crippen molar-refractivity contribution >= 4 is 36.4 Å². The Balaban J connectivity index is 5.33. The first-order chi connectivity index (χ1) is 10.3. The van der Waals surface area contributed by atoms with Crippen molar-refractivity contribution in [3.05, 3.63) is 0 Å².